The standard InChI is InChI=1S/C16H29NO3/c1-4-7-10-18-14-15(13-17)16(19-11-8-5-2)20-12-9-6-3/h14,16H,4-12H2,1-3H3/b15-14+. The number of ether oxygens (including phenoxy) is 3. The molecule has 0 heterocycles. The molecular formula is C16H29NO3. The molecule has 0 aliphatic carbocycles. The lowest BCUT2D eigenvalue weighted by molar-refractivity contribution is -0.118. The summed E-state index contributed by atoms with van der Waals surface area (Å²) in [6.07, 6.45) is 6.97. The highest BCUT2D eigenvalue weighted by atomic mass is 16.7. The van der Waals surface area contributed by atoms with Crippen LogP contribution in [0.4, 0.5) is 0 Å². The number of hydrogen-bond donors (Lipinski definition) is 0. The van der Waals surface area contributed by atoms with Gasteiger partial charge in [0.05, 0.1) is 19.8 Å². The minimum absolute atomic E-state index is 0.410. The Balaban J connectivity index is 4.38. The molecule has 0 unspecified atom stereocenters. The maximum Gasteiger partial charge on any atom is 0.196 e. The van der Waals surface area contributed by atoms with Crippen molar-refractivity contribution in [3.05, 3.63) is 11.8 Å². The Morgan fingerprint density at radius 2 is 1.45 bits per heavy atom. The third kappa shape index (κ3) is 9.82. The van der Waals surface area contributed by atoms with Crippen LogP contribution in [0.2, 0.25) is 0 Å². The van der Waals surface area contributed by atoms with E-state index in [4.69, 9.17) is 14.2 Å². The maximum absolute atomic E-state index is 9.21. The molecule has 4 nitrogen and oxygen atoms in total. The van der Waals surface area contributed by atoms with Gasteiger partial charge in [-0.05, 0) is 19.3 Å². The Hall–Kier alpha value is -1.05. The van der Waals surface area contributed by atoms with Crippen molar-refractivity contribution >= 4 is 0 Å². The third-order valence-corrected chi connectivity index (χ3v) is 2.74. The molecule has 0 aromatic rings. The molecule has 0 aliphatic heterocycles. The lowest BCUT2D eigenvalue weighted by atomic mass is 10.3. The first-order chi connectivity index (χ1) is 9.79. The van der Waals surface area contributed by atoms with Crippen LogP contribution in [-0.2, 0) is 14.2 Å². The van der Waals surface area contributed by atoms with E-state index in [1.54, 1.807) is 0 Å². The van der Waals surface area contributed by atoms with Gasteiger partial charge < -0.3 is 14.2 Å². The Bertz CT molecular complexity index is 274. The quantitative estimate of drug-likeness (QED) is 0.220. The van der Waals surface area contributed by atoms with Crippen LogP contribution in [0.1, 0.15) is 59.3 Å². The third-order valence-electron chi connectivity index (χ3n) is 2.74. The lowest BCUT2D eigenvalue weighted by Crippen LogP contribution is -2.21. The van der Waals surface area contributed by atoms with E-state index < -0.39 is 6.29 Å². The van der Waals surface area contributed by atoms with Crippen molar-refractivity contribution in [2.24, 2.45) is 0 Å². The van der Waals surface area contributed by atoms with Crippen LogP contribution in [0.25, 0.3) is 0 Å². The molecule has 4 heteroatoms. The summed E-state index contributed by atoms with van der Waals surface area (Å²) in [6, 6.07) is 2.12. The number of nitriles is 1. The summed E-state index contributed by atoms with van der Waals surface area (Å²) in [7, 11) is 0. The van der Waals surface area contributed by atoms with Gasteiger partial charge in [-0.3, -0.25) is 0 Å². The SMILES string of the molecule is CCCCO/C=C(\C#N)C(OCCCC)OCCCC. The highest BCUT2D eigenvalue weighted by Gasteiger charge is 2.16. The van der Waals surface area contributed by atoms with Gasteiger partial charge in [0.25, 0.3) is 0 Å². The van der Waals surface area contributed by atoms with Crippen molar-refractivity contribution in [1.29, 1.82) is 5.26 Å². The first kappa shape index (κ1) is 18.9. The van der Waals surface area contributed by atoms with E-state index in [9.17, 15) is 5.26 Å². The molecule has 0 aromatic heterocycles. The van der Waals surface area contributed by atoms with Gasteiger partial charge in [-0.2, -0.15) is 5.26 Å². The van der Waals surface area contributed by atoms with Gasteiger partial charge in [0.1, 0.15) is 17.9 Å². The molecule has 0 aromatic carbocycles. The molecule has 0 radical (unpaired) electrons. The van der Waals surface area contributed by atoms with Crippen LogP contribution in [0.3, 0.4) is 0 Å². The molecule has 0 rings (SSSR count). The zero-order valence-corrected chi connectivity index (χ0v) is 13.2. The molecule has 0 saturated heterocycles. The van der Waals surface area contributed by atoms with Crippen LogP contribution < -0.4 is 0 Å². The maximum atomic E-state index is 9.21. The second-order valence-corrected chi connectivity index (χ2v) is 4.69. The van der Waals surface area contributed by atoms with E-state index in [-0.39, 0.29) is 0 Å². The number of unbranched alkanes of at least 4 members (excludes halogenated alkanes) is 3. The summed E-state index contributed by atoms with van der Waals surface area (Å²) in [5.41, 5.74) is 0.410. The fourth-order valence-corrected chi connectivity index (χ4v) is 1.41. The molecule has 0 spiro atoms. The highest BCUT2D eigenvalue weighted by molar-refractivity contribution is 5.21. The van der Waals surface area contributed by atoms with E-state index in [0.717, 1.165) is 38.5 Å². The average Bonchev–Trinajstić information content (AvgIpc) is 2.47. The summed E-state index contributed by atoms with van der Waals surface area (Å²) in [6.45, 7) is 8.13. The molecule has 0 fully saturated rings. The molecule has 0 saturated carbocycles. The number of nitrogens with zero attached hydrogens (tertiary/aromatic N) is 1. The monoisotopic (exact) mass is 283 g/mol. The molecular weight excluding hydrogens is 254 g/mol. The van der Waals surface area contributed by atoms with Crippen LogP contribution in [0, 0.1) is 11.3 Å². The largest absolute Gasteiger partial charge is 0.500 e. The molecule has 0 atom stereocenters. The van der Waals surface area contributed by atoms with Crippen molar-refractivity contribution in [2.75, 3.05) is 19.8 Å². The molecule has 0 N–H and O–H groups in total. The minimum atomic E-state index is -0.597. The smallest absolute Gasteiger partial charge is 0.196 e. The zero-order valence-electron chi connectivity index (χ0n) is 13.2. The predicted molar refractivity (Wildman–Crippen MR) is 80.1 cm³/mol. The molecule has 20 heavy (non-hydrogen) atoms. The topological polar surface area (TPSA) is 51.5 Å². The lowest BCUT2D eigenvalue weighted by Gasteiger charge is -2.17. The first-order valence-electron chi connectivity index (χ1n) is 7.75. The summed E-state index contributed by atoms with van der Waals surface area (Å²) in [5, 5.41) is 9.21. The van der Waals surface area contributed by atoms with Crippen molar-refractivity contribution in [3.8, 4) is 6.07 Å². The van der Waals surface area contributed by atoms with Crippen molar-refractivity contribution in [2.45, 2.75) is 65.6 Å². The Morgan fingerprint density at radius 1 is 0.950 bits per heavy atom. The second-order valence-electron chi connectivity index (χ2n) is 4.69. The Kier molecular flexibility index (Phi) is 13.6. The summed E-state index contributed by atoms with van der Waals surface area (Å²) in [5.74, 6) is 0. The molecule has 0 bridgehead atoms. The van der Waals surface area contributed by atoms with E-state index >= 15 is 0 Å². The van der Waals surface area contributed by atoms with E-state index in [0.29, 0.717) is 25.4 Å². The minimum Gasteiger partial charge on any atom is -0.500 e. The summed E-state index contributed by atoms with van der Waals surface area (Å²) in [4.78, 5) is 0. The summed E-state index contributed by atoms with van der Waals surface area (Å²) >= 11 is 0. The van der Waals surface area contributed by atoms with Crippen molar-refractivity contribution in [1.82, 2.24) is 0 Å². The van der Waals surface area contributed by atoms with Gasteiger partial charge in [-0.15, -0.1) is 0 Å². The molecule has 116 valence electrons. The predicted octanol–water partition coefficient (Wildman–Crippen LogP) is 4.17. The van der Waals surface area contributed by atoms with Gasteiger partial charge >= 0.3 is 0 Å². The van der Waals surface area contributed by atoms with Crippen molar-refractivity contribution < 1.29 is 14.2 Å². The van der Waals surface area contributed by atoms with E-state index in [2.05, 4.69) is 26.8 Å². The van der Waals surface area contributed by atoms with Crippen LogP contribution in [0.15, 0.2) is 11.8 Å². The average molecular weight is 283 g/mol. The van der Waals surface area contributed by atoms with Crippen LogP contribution >= 0.6 is 0 Å². The van der Waals surface area contributed by atoms with Crippen LogP contribution in [-0.4, -0.2) is 26.1 Å². The van der Waals surface area contributed by atoms with Gasteiger partial charge in [0.2, 0.25) is 0 Å². The normalized spacial score (nSPS) is 11.7. The number of rotatable bonds is 13. The fourth-order valence-electron chi connectivity index (χ4n) is 1.41. The van der Waals surface area contributed by atoms with Gasteiger partial charge in [-0.1, -0.05) is 40.0 Å². The van der Waals surface area contributed by atoms with Gasteiger partial charge in [0, 0.05) is 0 Å². The van der Waals surface area contributed by atoms with E-state index in [1.165, 1.54) is 6.26 Å². The zero-order chi connectivity index (χ0) is 15.1. The van der Waals surface area contributed by atoms with Crippen molar-refractivity contribution in [3.63, 3.8) is 0 Å². The van der Waals surface area contributed by atoms with Gasteiger partial charge in [-0.25, -0.2) is 0 Å². The molecule has 0 aliphatic rings. The van der Waals surface area contributed by atoms with Crippen LogP contribution in [0.5, 0.6) is 0 Å². The second kappa shape index (κ2) is 14.4. The fraction of sp³-hybridized carbons (Fsp3) is 0.812. The Morgan fingerprint density at radius 3 is 1.90 bits per heavy atom. The van der Waals surface area contributed by atoms with E-state index in [1.807, 2.05) is 0 Å². The highest BCUT2D eigenvalue weighted by Crippen LogP contribution is 2.11. The number of hydrogen-bond acceptors (Lipinski definition) is 4. The van der Waals surface area contributed by atoms with Gasteiger partial charge in [0.15, 0.2) is 6.29 Å². The first-order valence-corrected chi connectivity index (χ1v) is 7.75. The molecule has 0 amide bonds. The Labute approximate surface area is 123 Å². The summed E-state index contributed by atoms with van der Waals surface area (Å²) < 4.78 is 16.7.